The first-order valence-electron chi connectivity index (χ1n) is 5.76. The van der Waals surface area contributed by atoms with Crippen molar-refractivity contribution in [1.29, 1.82) is 0 Å². The molecule has 2 N–H and O–H groups in total. The van der Waals surface area contributed by atoms with Gasteiger partial charge in [-0.05, 0) is 32.5 Å². The van der Waals surface area contributed by atoms with Crippen molar-refractivity contribution >= 4 is 5.91 Å². The van der Waals surface area contributed by atoms with Crippen LogP contribution in [0.1, 0.15) is 19.8 Å². The van der Waals surface area contributed by atoms with Crippen molar-refractivity contribution in [2.24, 2.45) is 5.92 Å². The number of nitrogens with one attached hydrogen (secondary N) is 2. The van der Waals surface area contributed by atoms with Crippen molar-refractivity contribution in [3.8, 4) is 0 Å². The minimum absolute atomic E-state index is 0.128. The molecule has 1 rings (SSSR count). The second-order valence-corrected chi connectivity index (χ2v) is 4.44. The van der Waals surface area contributed by atoms with Gasteiger partial charge in [0.2, 0.25) is 5.91 Å². The molecule has 1 saturated heterocycles. The average Bonchev–Trinajstić information content (AvgIpc) is 2.26. The van der Waals surface area contributed by atoms with Gasteiger partial charge in [0.15, 0.2) is 0 Å². The van der Waals surface area contributed by atoms with Crippen molar-refractivity contribution in [2.45, 2.75) is 25.8 Å². The quantitative estimate of drug-likeness (QED) is 0.694. The fraction of sp³-hybridized carbons (Fsp3) is 0.909. The van der Waals surface area contributed by atoms with Crippen LogP contribution in [0.25, 0.3) is 0 Å². The lowest BCUT2D eigenvalue weighted by atomic mass is 9.94. The first-order chi connectivity index (χ1) is 7.15. The molecule has 0 radical (unpaired) electrons. The maximum atomic E-state index is 11.1. The zero-order valence-corrected chi connectivity index (χ0v) is 10.0. The molecule has 0 aromatic carbocycles. The number of hydrogen-bond donors (Lipinski definition) is 2. The molecular formula is C11H23N3O. The number of piperidine rings is 1. The van der Waals surface area contributed by atoms with Crippen LogP contribution in [-0.4, -0.2) is 50.6 Å². The van der Waals surface area contributed by atoms with Gasteiger partial charge in [0, 0.05) is 26.1 Å². The molecular weight excluding hydrogens is 190 g/mol. The molecule has 1 amide bonds. The number of carbonyl (C=O) groups is 1. The molecule has 2 atom stereocenters. The number of hydrogen-bond acceptors (Lipinski definition) is 3. The Morgan fingerprint density at radius 3 is 2.93 bits per heavy atom. The topological polar surface area (TPSA) is 44.4 Å². The summed E-state index contributed by atoms with van der Waals surface area (Å²) in [6, 6.07) is 0.621. The third kappa shape index (κ3) is 3.80. The highest BCUT2D eigenvalue weighted by Crippen LogP contribution is 2.16. The molecule has 0 saturated carbocycles. The van der Waals surface area contributed by atoms with Gasteiger partial charge in [-0.15, -0.1) is 0 Å². The van der Waals surface area contributed by atoms with E-state index in [1.54, 1.807) is 7.05 Å². The van der Waals surface area contributed by atoms with Gasteiger partial charge >= 0.3 is 0 Å². The zero-order valence-electron chi connectivity index (χ0n) is 10.0. The number of carbonyl (C=O) groups excluding carboxylic acids is 1. The monoisotopic (exact) mass is 213 g/mol. The van der Waals surface area contributed by atoms with E-state index in [1.807, 2.05) is 0 Å². The SMILES string of the molecule is CNC(=O)CCN(C)C1CCNCC1C. The molecule has 0 aromatic rings. The molecule has 0 aliphatic carbocycles. The molecule has 1 aliphatic rings. The molecule has 1 aliphatic heterocycles. The molecule has 0 aromatic heterocycles. The van der Waals surface area contributed by atoms with Gasteiger partial charge in [-0.3, -0.25) is 4.79 Å². The standard InChI is InChI=1S/C11H23N3O/c1-9-8-13-6-4-10(9)14(3)7-5-11(15)12-2/h9-10,13H,4-8H2,1-3H3,(H,12,15). The van der Waals surface area contributed by atoms with Crippen LogP contribution in [0.15, 0.2) is 0 Å². The summed E-state index contributed by atoms with van der Waals surface area (Å²) < 4.78 is 0. The van der Waals surface area contributed by atoms with Gasteiger partial charge in [-0.25, -0.2) is 0 Å². The lowest BCUT2D eigenvalue weighted by molar-refractivity contribution is -0.121. The lowest BCUT2D eigenvalue weighted by Crippen LogP contribution is -2.47. The summed E-state index contributed by atoms with van der Waals surface area (Å²) in [4.78, 5) is 13.5. The Kier molecular flexibility index (Phi) is 5.05. The Labute approximate surface area is 92.4 Å². The Bertz CT molecular complexity index is 208. The van der Waals surface area contributed by atoms with Crippen LogP contribution in [-0.2, 0) is 4.79 Å². The van der Waals surface area contributed by atoms with E-state index in [2.05, 4.69) is 29.5 Å². The molecule has 15 heavy (non-hydrogen) atoms. The van der Waals surface area contributed by atoms with Gasteiger partial charge in [0.1, 0.15) is 0 Å². The number of amides is 1. The molecule has 4 heteroatoms. The number of nitrogens with zero attached hydrogens (tertiary/aromatic N) is 1. The minimum atomic E-state index is 0.128. The fourth-order valence-corrected chi connectivity index (χ4v) is 2.22. The van der Waals surface area contributed by atoms with Gasteiger partial charge < -0.3 is 15.5 Å². The lowest BCUT2D eigenvalue weighted by Gasteiger charge is -2.36. The summed E-state index contributed by atoms with van der Waals surface area (Å²) in [5, 5.41) is 6.05. The Balaban J connectivity index is 2.31. The normalized spacial score (nSPS) is 26.7. The van der Waals surface area contributed by atoms with Crippen molar-refractivity contribution < 1.29 is 4.79 Å². The van der Waals surface area contributed by atoms with E-state index in [9.17, 15) is 4.79 Å². The second-order valence-electron chi connectivity index (χ2n) is 4.44. The maximum Gasteiger partial charge on any atom is 0.221 e. The highest BCUT2D eigenvalue weighted by molar-refractivity contribution is 5.75. The van der Waals surface area contributed by atoms with Crippen LogP contribution >= 0.6 is 0 Å². The largest absolute Gasteiger partial charge is 0.359 e. The van der Waals surface area contributed by atoms with Crippen molar-refractivity contribution in [1.82, 2.24) is 15.5 Å². The van der Waals surface area contributed by atoms with E-state index in [4.69, 9.17) is 0 Å². The fourth-order valence-electron chi connectivity index (χ4n) is 2.22. The zero-order chi connectivity index (χ0) is 11.3. The predicted octanol–water partition coefficient (Wildman–Crippen LogP) is 0.0523. The summed E-state index contributed by atoms with van der Waals surface area (Å²) in [5.74, 6) is 0.803. The first-order valence-corrected chi connectivity index (χ1v) is 5.76. The Hall–Kier alpha value is -0.610. The summed E-state index contributed by atoms with van der Waals surface area (Å²) in [5.41, 5.74) is 0. The van der Waals surface area contributed by atoms with Gasteiger partial charge in [0.25, 0.3) is 0 Å². The summed E-state index contributed by atoms with van der Waals surface area (Å²) in [6.07, 6.45) is 1.79. The summed E-state index contributed by atoms with van der Waals surface area (Å²) in [6.45, 7) is 5.32. The highest BCUT2D eigenvalue weighted by atomic mass is 16.1. The maximum absolute atomic E-state index is 11.1. The van der Waals surface area contributed by atoms with Crippen molar-refractivity contribution in [3.63, 3.8) is 0 Å². The van der Waals surface area contributed by atoms with Gasteiger partial charge in [0.05, 0.1) is 0 Å². The van der Waals surface area contributed by atoms with E-state index < -0.39 is 0 Å². The van der Waals surface area contributed by atoms with Crippen LogP contribution in [0.4, 0.5) is 0 Å². The molecule has 0 bridgehead atoms. The van der Waals surface area contributed by atoms with E-state index in [0.29, 0.717) is 18.4 Å². The van der Waals surface area contributed by atoms with Crippen LogP contribution in [0.2, 0.25) is 0 Å². The van der Waals surface area contributed by atoms with Crippen molar-refractivity contribution in [2.75, 3.05) is 33.7 Å². The van der Waals surface area contributed by atoms with Gasteiger partial charge in [-0.1, -0.05) is 6.92 Å². The van der Waals surface area contributed by atoms with Gasteiger partial charge in [-0.2, -0.15) is 0 Å². The molecule has 1 heterocycles. The average molecular weight is 213 g/mol. The Morgan fingerprint density at radius 1 is 1.60 bits per heavy atom. The van der Waals surface area contributed by atoms with E-state index in [1.165, 1.54) is 6.42 Å². The Morgan fingerprint density at radius 2 is 2.33 bits per heavy atom. The molecule has 88 valence electrons. The van der Waals surface area contributed by atoms with Crippen LogP contribution < -0.4 is 10.6 Å². The van der Waals surface area contributed by atoms with E-state index >= 15 is 0 Å². The summed E-state index contributed by atoms with van der Waals surface area (Å²) in [7, 11) is 3.81. The first kappa shape index (κ1) is 12.5. The van der Waals surface area contributed by atoms with Crippen LogP contribution in [0, 0.1) is 5.92 Å². The summed E-state index contributed by atoms with van der Waals surface area (Å²) >= 11 is 0. The molecule has 4 nitrogen and oxygen atoms in total. The third-order valence-corrected chi connectivity index (χ3v) is 3.28. The van der Waals surface area contributed by atoms with Crippen molar-refractivity contribution in [3.05, 3.63) is 0 Å². The predicted molar refractivity (Wildman–Crippen MR) is 61.8 cm³/mol. The minimum Gasteiger partial charge on any atom is -0.359 e. The molecule has 1 fully saturated rings. The number of rotatable bonds is 4. The molecule has 0 spiro atoms. The van der Waals surface area contributed by atoms with Crippen LogP contribution in [0.5, 0.6) is 0 Å². The smallest absolute Gasteiger partial charge is 0.221 e. The highest BCUT2D eigenvalue weighted by Gasteiger charge is 2.24. The third-order valence-electron chi connectivity index (χ3n) is 3.28. The molecule has 2 unspecified atom stereocenters. The van der Waals surface area contributed by atoms with E-state index in [0.717, 1.165) is 19.6 Å². The van der Waals surface area contributed by atoms with E-state index in [-0.39, 0.29) is 5.91 Å². The second kappa shape index (κ2) is 6.08. The van der Waals surface area contributed by atoms with Crippen LogP contribution in [0.3, 0.4) is 0 Å².